The lowest BCUT2D eigenvalue weighted by Crippen LogP contribution is -2.28. The van der Waals surface area contributed by atoms with E-state index in [0.717, 1.165) is 42.2 Å². The van der Waals surface area contributed by atoms with E-state index in [2.05, 4.69) is 52.3 Å². The van der Waals surface area contributed by atoms with Gasteiger partial charge in [-0.15, -0.1) is 0 Å². The van der Waals surface area contributed by atoms with Crippen molar-refractivity contribution in [1.29, 1.82) is 0 Å². The molecule has 4 nitrogen and oxygen atoms in total. The minimum absolute atomic E-state index is 0.618. The highest BCUT2D eigenvalue weighted by molar-refractivity contribution is 9.10. The average Bonchev–Trinajstić information content (AvgIpc) is 2.43. The highest BCUT2D eigenvalue weighted by Gasteiger charge is 2.16. The summed E-state index contributed by atoms with van der Waals surface area (Å²) in [7, 11) is 2.13. The van der Waals surface area contributed by atoms with E-state index in [0.29, 0.717) is 13.2 Å². The number of nitrogens with zero attached hydrogens (tertiary/aromatic N) is 1. The molecule has 1 aliphatic heterocycles. The van der Waals surface area contributed by atoms with E-state index in [-0.39, 0.29) is 0 Å². The molecule has 0 atom stereocenters. The van der Waals surface area contributed by atoms with Gasteiger partial charge in [-0.3, -0.25) is 0 Å². The Bertz CT molecular complexity index is 426. The fourth-order valence-electron chi connectivity index (χ4n) is 1.93. The first-order chi connectivity index (χ1) is 9.20. The van der Waals surface area contributed by atoms with E-state index in [1.807, 2.05) is 0 Å². The van der Waals surface area contributed by atoms with Crippen molar-refractivity contribution < 1.29 is 9.47 Å². The van der Waals surface area contributed by atoms with Gasteiger partial charge in [-0.2, -0.15) is 0 Å². The summed E-state index contributed by atoms with van der Waals surface area (Å²) in [5.41, 5.74) is 1.20. The number of ether oxygens (including phenoxy) is 2. The number of nitrogens with one attached hydrogen (secondary N) is 1. The van der Waals surface area contributed by atoms with Gasteiger partial charge in [-0.25, -0.2) is 0 Å². The second kappa shape index (κ2) is 7.12. The molecule has 0 radical (unpaired) electrons. The second-order valence-corrected chi connectivity index (χ2v) is 5.53. The van der Waals surface area contributed by atoms with Crippen molar-refractivity contribution in [3.8, 4) is 11.5 Å². The van der Waals surface area contributed by atoms with Gasteiger partial charge in [-0.05, 0) is 47.2 Å². The maximum atomic E-state index is 5.62. The fourth-order valence-corrected chi connectivity index (χ4v) is 2.53. The van der Waals surface area contributed by atoms with Crippen molar-refractivity contribution in [3.05, 3.63) is 22.2 Å². The van der Waals surface area contributed by atoms with Crippen LogP contribution < -0.4 is 14.8 Å². The molecule has 1 aromatic carbocycles. The molecule has 19 heavy (non-hydrogen) atoms. The van der Waals surface area contributed by atoms with E-state index < -0.39 is 0 Å². The summed E-state index contributed by atoms with van der Waals surface area (Å²) in [4.78, 5) is 2.28. The zero-order valence-electron chi connectivity index (χ0n) is 11.5. The van der Waals surface area contributed by atoms with E-state index in [1.165, 1.54) is 5.56 Å². The SMILES string of the molecule is CCN(C)CCNCc1cc(Br)c2c(c1)OCCO2. The van der Waals surface area contributed by atoms with Gasteiger partial charge in [0.1, 0.15) is 13.2 Å². The van der Waals surface area contributed by atoms with Crippen molar-refractivity contribution in [3.63, 3.8) is 0 Å². The van der Waals surface area contributed by atoms with Crippen LogP contribution in [0.2, 0.25) is 0 Å². The number of fused-ring (bicyclic) bond motifs is 1. The maximum absolute atomic E-state index is 5.62. The largest absolute Gasteiger partial charge is 0.486 e. The van der Waals surface area contributed by atoms with E-state index in [9.17, 15) is 0 Å². The minimum atomic E-state index is 0.618. The Labute approximate surface area is 123 Å². The number of hydrogen-bond acceptors (Lipinski definition) is 4. The predicted octanol–water partition coefficient (Wildman–Crippen LogP) is 2.26. The van der Waals surface area contributed by atoms with Crippen LogP contribution in [0.25, 0.3) is 0 Å². The average molecular weight is 329 g/mol. The summed E-state index contributed by atoms with van der Waals surface area (Å²) < 4.78 is 12.2. The molecule has 0 saturated heterocycles. The molecule has 0 aliphatic carbocycles. The molecule has 1 aromatic rings. The smallest absolute Gasteiger partial charge is 0.175 e. The zero-order chi connectivity index (χ0) is 13.7. The van der Waals surface area contributed by atoms with Crippen molar-refractivity contribution in [2.75, 3.05) is 39.9 Å². The molecule has 0 aromatic heterocycles. The molecule has 2 rings (SSSR count). The normalized spacial score (nSPS) is 13.9. The summed E-state index contributed by atoms with van der Waals surface area (Å²) >= 11 is 3.54. The highest BCUT2D eigenvalue weighted by Crippen LogP contribution is 2.38. The quantitative estimate of drug-likeness (QED) is 0.812. The Morgan fingerprint density at radius 2 is 2.11 bits per heavy atom. The van der Waals surface area contributed by atoms with Crippen molar-refractivity contribution in [2.45, 2.75) is 13.5 Å². The third-order valence-corrected chi connectivity index (χ3v) is 3.78. The molecule has 1 N–H and O–H groups in total. The van der Waals surface area contributed by atoms with Crippen molar-refractivity contribution in [2.24, 2.45) is 0 Å². The molecule has 106 valence electrons. The molecule has 0 fully saturated rings. The molecule has 0 amide bonds. The van der Waals surface area contributed by atoms with Crippen LogP contribution in [-0.4, -0.2) is 44.8 Å². The Morgan fingerprint density at radius 1 is 1.32 bits per heavy atom. The van der Waals surface area contributed by atoms with Gasteiger partial charge in [0.25, 0.3) is 0 Å². The molecule has 0 bridgehead atoms. The molecule has 0 spiro atoms. The van der Waals surface area contributed by atoms with Crippen LogP contribution >= 0.6 is 15.9 Å². The third kappa shape index (κ3) is 4.09. The Balaban J connectivity index is 1.89. The number of likely N-dealkylation sites (N-methyl/N-ethyl adjacent to an activating group) is 1. The molecule has 1 aliphatic rings. The first kappa shape index (κ1) is 14.6. The summed E-state index contributed by atoms with van der Waals surface area (Å²) in [6.45, 7) is 7.37. The summed E-state index contributed by atoms with van der Waals surface area (Å²) in [5, 5.41) is 3.44. The van der Waals surface area contributed by atoms with Gasteiger partial charge >= 0.3 is 0 Å². The van der Waals surface area contributed by atoms with Gasteiger partial charge < -0.3 is 19.7 Å². The van der Waals surface area contributed by atoms with Gasteiger partial charge in [-0.1, -0.05) is 6.92 Å². The molecule has 1 heterocycles. The van der Waals surface area contributed by atoms with Crippen LogP contribution in [0.5, 0.6) is 11.5 Å². The first-order valence-electron chi connectivity index (χ1n) is 6.68. The Hall–Kier alpha value is -0.780. The lowest BCUT2D eigenvalue weighted by Gasteiger charge is -2.20. The van der Waals surface area contributed by atoms with E-state index >= 15 is 0 Å². The first-order valence-corrected chi connectivity index (χ1v) is 7.47. The van der Waals surface area contributed by atoms with Gasteiger partial charge in [0.05, 0.1) is 4.47 Å². The lowest BCUT2D eigenvalue weighted by molar-refractivity contribution is 0.170. The van der Waals surface area contributed by atoms with E-state index in [1.54, 1.807) is 0 Å². The molecular formula is C14H21BrN2O2. The number of hydrogen-bond donors (Lipinski definition) is 1. The number of halogens is 1. The van der Waals surface area contributed by atoms with Crippen LogP contribution in [-0.2, 0) is 6.54 Å². The van der Waals surface area contributed by atoms with Gasteiger partial charge in [0.15, 0.2) is 11.5 Å². The zero-order valence-corrected chi connectivity index (χ0v) is 13.1. The summed E-state index contributed by atoms with van der Waals surface area (Å²) in [6.07, 6.45) is 0. The molecule has 0 unspecified atom stereocenters. The standard InChI is InChI=1S/C14H21BrN2O2/c1-3-17(2)5-4-16-10-11-8-12(15)14-13(9-11)18-6-7-19-14/h8-9,16H,3-7,10H2,1-2H3. The van der Waals surface area contributed by atoms with Gasteiger partial charge in [0.2, 0.25) is 0 Å². The molecular weight excluding hydrogens is 308 g/mol. The highest BCUT2D eigenvalue weighted by atomic mass is 79.9. The molecule has 5 heteroatoms. The number of rotatable bonds is 6. The third-order valence-electron chi connectivity index (χ3n) is 3.20. The van der Waals surface area contributed by atoms with Crippen LogP contribution in [0, 0.1) is 0 Å². The summed E-state index contributed by atoms with van der Waals surface area (Å²) in [5.74, 6) is 1.66. The van der Waals surface area contributed by atoms with Crippen LogP contribution in [0.4, 0.5) is 0 Å². The summed E-state index contributed by atoms with van der Waals surface area (Å²) in [6, 6.07) is 4.14. The maximum Gasteiger partial charge on any atom is 0.175 e. The second-order valence-electron chi connectivity index (χ2n) is 4.67. The Kier molecular flexibility index (Phi) is 5.48. The monoisotopic (exact) mass is 328 g/mol. The lowest BCUT2D eigenvalue weighted by atomic mass is 10.2. The number of benzene rings is 1. The van der Waals surface area contributed by atoms with Gasteiger partial charge in [0, 0.05) is 19.6 Å². The van der Waals surface area contributed by atoms with Crippen LogP contribution in [0.3, 0.4) is 0 Å². The van der Waals surface area contributed by atoms with Crippen molar-refractivity contribution in [1.82, 2.24) is 10.2 Å². The fraction of sp³-hybridized carbons (Fsp3) is 0.571. The minimum Gasteiger partial charge on any atom is -0.486 e. The van der Waals surface area contributed by atoms with E-state index in [4.69, 9.17) is 9.47 Å². The predicted molar refractivity (Wildman–Crippen MR) is 80.0 cm³/mol. The topological polar surface area (TPSA) is 33.7 Å². The Morgan fingerprint density at radius 3 is 2.89 bits per heavy atom. The van der Waals surface area contributed by atoms with Crippen molar-refractivity contribution >= 4 is 15.9 Å². The molecule has 0 saturated carbocycles. The van der Waals surface area contributed by atoms with Crippen LogP contribution in [0.1, 0.15) is 12.5 Å². The van der Waals surface area contributed by atoms with Crippen LogP contribution in [0.15, 0.2) is 16.6 Å².